The first-order chi connectivity index (χ1) is 9.92. The summed E-state index contributed by atoms with van der Waals surface area (Å²) in [4.78, 5) is -0.0333. The van der Waals surface area contributed by atoms with Gasteiger partial charge in [-0.2, -0.15) is 0 Å². The minimum atomic E-state index is -3.72. The van der Waals surface area contributed by atoms with Gasteiger partial charge < -0.3 is 0 Å². The highest BCUT2D eigenvalue weighted by Crippen LogP contribution is 2.24. The zero-order valence-electron chi connectivity index (χ0n) is 10.8. The molecule has 0 heterocycles. The molecule has 2 aromatic rings. The number of rotatable bonds is 5. The van der Waals surface area contributed by atoms with Crippen molar-refractivity contribution >= 4 is 44.8 Å². The number of alkyl halides is 1. The Hall–Kier alpha value is -0.780. The van der Waals surface area contributed by atoms with E-state index in [1.165, 1.54) is 18.2 Å². The molecule has 112 valence electrons. The van der Waals surface area contributed by atoms with Gasteiger partial charge in [0, 0.05) is 17.4 Å². The zero-order chi connectivity index (χ0) is 15.5. The van der Waals surface area contributed by atoms with E-state index in [1.807, 2.05) is 24.3 Å². The first-order valence-corrected chi connectivity index (χ1v) is 8.78. The summed E-state index contributed by atoms with van der Waals surface area (Å²) in [6.07, 6.45) is 0. The van der Waals surface area contributed by atoms with E-state index in [4.69, 9.17) is 34.8 Å². The Kier molecular flexibility index (Phi) is 5.52. The number of nitrogens with one attached hydrogen (secondary N) is 1. The second-order valence-corrected chi connectivity index (χ2v) is 7.20. The lowest BCUT2D eigenvalue weighted by molar-refractivity contribution is 0.581. The van der Waals surface area contributed by atoms with Gasteiger partial charge in [0.2, 0.25) is 10.0 Å². The summed E-state index contributed by atoms with van der Waals surface area (Å²) in [7, 11) is -3.72. The maximum Gasteiger partial charge on any atom is 0.242 e. The molecule has 2 rings (SSSR count). The van der Waals surface area contributed by atoms with E-state index < -0.39 is 10.0 Å². The molecule has 21 heavy (non-hydrogen) atoms. The number of hydrogen-bond donors (Lipinski definition) is 1. The van der Waals surface area contributed by atoms with Crippen LogP contribution in [0.3, 0.4) is 0 Å². The largest absolute Gasteiger partial charge is 0.242 e. The summed E-state index contributed by atoms with van der Waals surface area (Å²) in [5.41, 5.74) is 1.80. The Morgan fingerprint density at radius 2 is 1.57 bits per heavy atom. The van der Waals surface area contributed by atoms with Crippen molar-refractivity contribution in [2.24, 2.45) is 0 Å². The molecular weight excluding hydrogens is 353 g/mol. The van der Waals surface area contributed by atoms with Crippen molar-refractivity contribution in [3.05, 3.63) is 63.6 Å². The van der Waals surface area contributed by atoms with Gasteiger partial charge in [0.05, 0.1) is 5.02 Å². The molecule has 0 fully saturated rings. The first kappa shape index (κ1) is 16.6. The molecule has 1 N–H and O–H groups in total. The van der Waals surface area contributed by atoms with E-state index in [0.717, 1.165) is 11.1 Å². The topological polar surface area (TPSA) is 46.2 Å². The SMILES string of the molecule is O=S(=O)(NCc1ccc(CCl)cc1)c1cc(Cl)ccc1Cl. The highest BCUT2D eigenvalue weighted by molar-refractivity contribution is 7.89. The van der Waals surface area contributed by atoms with Crippen LogP contribution in [0, 0.1) is 0 Å². The predicted molar refractivity (Wildman–Crippen MR) is 86.5 cm³/mol. The Bertz CT molecular complexity index is 730. The maximum absolute atomic E-state index is 12.2. The zero-order valence-corrected chi connectivity index (χ0v) is 13.9. The third-order valence-corrected chi connectivity index (χ3v) is 5.25. The highest BCUT2D eigenvalue weighted by Gasteiger charge is 2.18. The van der Waals surface area contributed by atoms with Crippen LogP contribution in [0.15, 0.2) is 47.4 Å². The van der Waals surface area contributed by atoms with E-state index in [0.29, 0.717) is 10.9 Å². The molecule has 2 aromatic carbocycles. The normalized spacial score (nSPS) is 11.6. The van der Waals surface area contributed by atoms with E-state index in [1.54, 1.807) is 0 Å². The van der Waals surface area contributed by atoms with Gasteiger partial charge in [-0.1, -0.05) is 47.5 Å². The minimum Gasteiger partial charge on any atom is -0.207 e. The second kappa shape index (κ2) is 6.99. The van der Waals surface area contributed by atoms with E-state index >= 15 is 0 Å². The molecule has 0 aromatic heterocycles. The molecule has 0 radical (unpaired) electrons. The van der Waals surface area contributed by atoms with Crippen LogP contribution in [0.5, 0.6) is 0 Å². The van der Waals surface area contributed by atoms with E-state index in [9.17, 15) is 8.42 Å². The van der Waals surface area contributed by atoms with Gasteiger partial charge >= 0.3 is 0 Å². The summed E-state index contributed by atoms with van der Waals surface area (Å²) >= 11 is 17.4. The molecule has 0 amide bonds. The maximum atomic E-state index is 12.2. The van der Waals surface area contributed by atoms with Crippen LogP contribution < -0.4 is 4.72 Å². The molecule has 0 unspecified atom stereocenters. The first-order valence-electron chi connectivity index (χ1n) is 6.01. The summed E-state index contributed by atoms with van der Waals surface area (Å²) in [5.74, 6) is 0.421. The van der Waals surface area contributed by atoms with Gasteiger partial charge in [-0.3, -0.25) is 0 Å². The average Bonchev–Trinajstić information content (AvgIpc) is 2.48. The van der Waals surface area contributed by atoms with Gasteiger partial charge in [0.1, 0.15) is 4.90 Å². The summed E-state index contributed by atoms with van der Waals surface area (Å²) in [5, 5.41) is 0.440. The molecule has 0 aliphatic carbocycles. The number of hydrogen-bond acceptors (Lipinski definition) is 2. The second-order valence-electron chi connectivity index (χ2n) is 4.35. The van der Waals surface area contributed by atoms with Crippen molar-refractivity contribution < 1.29 is 8.42 Å². The molecule has 0 bridgehead atoms. The van der Waals surface area contributed by atoms with Crippen LogP contribution >= 0.6 is 34.8 Å². The van der Waals surface area contributed by atoms with Gasteiger partial charge in [0.15, 0.2) is 0 Å². The fraction of sp³-hybridized carbons (Fsp3) is 0.143. The van der Waals surface area contributed by atoms with Crippen LogP contribution in [0.1, 0.15) is 11.1 Å². The predicted octanol–water partition coefficient (Wildman–Crippen LogP) is 4.21. The van der Waals surface area contributed by atoms with E-state index in [-0.39, 0.29) is 16.5 Å². The quantitative estimate of drug-likeness (QED) is 0.808. The molecule has 0 aliphatic rings. The van der Waals surface area contributed by atoms with E-state index in [2.05, 4.69) is 4.72 Å². The van der Waals surface area contributed by atoms with Crippen LogP contribution in [0.25, 0.3) is 0 Å². The van der Waals surface area contributed by atoms with Crippen molar-refractivity contribution in [2.75, 3.05) is 0 Å². The van der Waals surface area contributed by atoms with Gasteiger partial charge in [-0.05, 0) is 29.3 Å². The van der Waals surface area contributed by atoms with Crippen LogP contribution in [-0.2, 0) is 22.4 Å². The van der Waals surface area contributed by atoms with Crippen molar-refractivity contribution in [2.45, 2.75) is 17.3 Å². The fourth-order valence-corrected chi connectivity index (χ4v) is 3.64. The van der Waals surface area contributed by atoms with Crippen molar-refractivity contribution in [1.29, 1.82) is 0 Å². The Morgan fingerprint density at radius 1 is 0.952 bits per heavy atom. The van der Waals surface area contributed by atoms with Crippen molar-refractivity contribution in [3.8, 4) is 0 Å². The number of benzene rings is 2. The monoisotopic (exact) mass is 363 g/mol. The van der Waals surface area contributed by atoms with Gasteiger partial charge in [0.25, 0.3) is 0 Å². The standard InChI is InChI=1S/C14H12Cl3NO2S/c15-8-10-1-3-11(4-2-10)9-18-21(19,20)14-7-12(16)5-6-13(14)17/h1-7,18H,8-9H2. The molecule has 0 saturated heterocycles. The van der Waals surface area contributed by atoms with Crippen LogP contribution in [0.4, 0.5) is 0 Å². The van der Waals surface area contributed by atoms with Crippen molar-refractivity contribution in [1.82, 2.24) is 4.72 Å². The lowest BCUT2D eigenvalue weighted by Crippen LogP contribution is -2.23. The Labute approximate surface area is 138 Å². The Morgan fingerprint density at radius 3 is 2.19 bits per heavy atom. The number of sulfonamides is 1. The smallest absolute Gasteiger partial charge is 0.207 e. The molecule has 7 heteroatoms. The minimum absolute atomic E-state index is 0.0333. The summed E-state index contributed by atoms with van der Waals surface area (Å²) < 4.78 is 26.9. The molecular formula is C14H12Cl3NO2S. The molecule has 0 saturated carbocycles. The number of halogens is 3. The molecule has 0 spiro atoms. The van der Waals surface area contributed by atoms with Gasteiger partial charge in [-0.25, -0.2) is 13.1 Å². The summed E-state index contributed by atoms with van der Waals surface area (Å²) in [6.45, 7) is 0.160. The highest BCUT2D eigenvalue weighted by atomic mass is 35.5. The van der Waals surface area contributed by atoms with Crippen LogP contribution in [-0.4, -0.2) is 8.42 Å². The van der Waals surface area contributed by atoms with Crippen LogP contribution in [0.2, 0.25) is 10.0 Å². The Balaban J connectivity index is 2.15. The third-order valence-electron chi connectivity index (χ3n) is 2.83. The average molecular weight is 365 g/mol. The van der Waals surface area contributed by atoms with Crippen molar-refractivity contribution in [3.63, 3.8) is 0 Å². The fourth-order valence-electron chi connectivity index (χ4n) is 1.69. The van der Waals surface area contributed by atoms with Gasteiger partial charge in [-0.15, -0.1) is 11.6 Å². The molecule has 3 nitrogen and oxygen atoms in total. The molecule has 0 aliphatic heterocycles. The third kappa shape index (κ3) is 4.34. The molecule has 0 atom stereocenters. The lowest BCUT2D eigenvalue weighted by Gasteiger charge is -2.09. The lowest BCUT2D eigenvalue weighted by atomic mass is 10.1. The summed E-state index contributed by atoms with van der Waals surface area (Å²) in [6, 6.07) is 11.6.